The van der Waals surface area contributed by atoms with Crippen molar-refractivity contribution in [2.75, 3.05) is 13.1 Å². The molecule has 1 aliphatic heterocycles. The summed E-state index contributed by atoms with van der Waals surface area (Å²) in [7, 11) is -3.56. The molecule has 0 bridgehead atoms. The summed E-state index contributed by atoms with van der Waals surface area (Å²) >= 11 is 7.47. The van der Waals surface area contributed by atoms with Gasteiger partial charge >= 0.3 is 0 Å². The molecular formula is C23H24ClN3O3S2. The van der Waals surface area contributed by atoms with Crippen LogP contribution in [0, 0.1) is 0 Å². The van der Waals surface area contributed by atoms with E-state index in [1.165, 1.54) is 35.6 Å². The summed E-state index contributed by atoms with van der Waals surface area (Å²) in [5.74, 6) is -0.431. The van der Waals surface area contributed by atoms with E-state index in [1.54, 1.807) is 16.4 Å². The van der Waals surface area contributed by atoms with Crippen LogP contribution in [-0.2, 0) is 16.6 Å². The van der Waals surface area contributed by atoms with Crippen LogP contribution in [0.2, 0.25) is 5.02 Å². The number of allylic oxidation sites excluding steroid dienone is 1. The summed E-state index contributed by atoms with van der Waals surface area (Å²) in [6.07, 6.45) is 5.60. The number of carbonyl (C=O) groups excluding carboxylic acids is 1. The topological polar surface area (TPSA) is 71.7 Å². The number of hydrogen-bond acceptors (Lipinski definition) is 4. The van der Waals surface area contributed by atoms with Crippen LogP contribution in [0.5, 0.6) is 0 Å². The van der Waals surface area contributed by atoms with Gasteiger partial charge in [0.25, 0.3) is 5.91 Å². The first-order valence-electron chi connectivity index (χ1n) is 10.5. The summed E-state index contributed by atoms with van der Waals surface area (Å²) in [6, 6.07) is 11.6. The van der Waals surface area contributed by atoms with Crippen molar-refractivity contribution in [3.8, 4) is 0 Å². The second-order valence-corrected chi connectivity index (χ2v) is 11.0. The molecule has 1 saturated heterocycles. The standard InChI is InChI=1S/C23H24ClN3O3S2/c1-2-13-27-20-12-9-18(24)16-21(20)31-23(27)25-22(28)17-7-10-19(11-8-17)32(29,30)26-14-5-3-4-6-15-26/h2,7-12,16H,1,3-6,13-15H2. The Morgan fingerprint density at radius 2 is 1.78 bits per heavy atom. The highest BCUT2D eigenvalue weighted by atomic mass is 35.5. The molecule has 1 fully saturated rings. The van der Waals surface area contributed by atoms with Gasteiger partial charge < -0.3 is 4.57 Å². The Morgan fingerprint density at radius 1 is 1.09 bits per heavy atom. The minimum Gasteiger partial charge on any atom is -0.312 e. The van der Waals surface area contributed by atoms with Gasteiger partial charge in [-0.2, -0.15) is 9.30 Å². The van der Waals surface area contributed by atoms with Crippen molar-refractivity contribution in [3.05, 3.63) is 70.5 Å². The highest BCUT2D eigenvalue weighted by molar-refractivity contribution is 7.89. The molecule has 0 N–H and O–H groups in total. The number of nitrogens with zero attached hydrogens (tertiary/aromatic N) is 3. The quantitative estimate of drug-likeness (QED) is 0.481. The number of thiazole rings is 1. The maximum atomic E-state index is 13.0. The zero-order valence-corrected chi connectivity index (χ0v) is 19.9. The van der Waals surface area contributed by atoms with E-state index in [9.17, 15) is 13.2 Å². The van der Waals surface area contributed by atoms with E-state index in [4.69, 9.17) is 11.6 Å². The van der Waals surface area contributed by atoms with Gasteiger partial charge in [-0.1, -0.05) is 41.9 Å². The van der Waals surface area contributed by atoms with E-state index >= 15 is 0 Å². The summed E-state index contributed by atoms with van der Waals surface area (Å²) < 4.78 is 30.3. The van der Waals surface area contributed by atoms with Gasteiger partial charge in [0.2, 0.25) is 10.0 Å². The maximum Gasteiger partial charge on any atom is 0.279 e. The Kier molecular flexibility index (Phi) is 6.95. The molecule has 0 spiro atoms. The van der Waals surface area contributed by atoms with Gasteiger partial charge in [0.15, 0.2) is 4.80 Å². The van der Waals surface area contributed by atoms with Crippen molar-refractivity contribution in [1.82, 2.24) is 8.87 Å². The molecule has 2 aromatic carbocycles. The maximum absolute atomic E-state index is 13.0. The molecule has 6 nitrogen and oxygen atoms in total. The minimum atomic E-state index is -3.56. The summed E-state index contributed by atoms with van der Waals surface area (Å²) in [6.45, 7) is 5.36. The first-order chi connectivity index (χ1) is 15.4. The smallest absolute Gasteiger partial charge is 0.279 e. The molecule has 0 saturated carbocycles. The third kappa shape index (κ3) is 4.73. The zero-order chi connectivity index (χ0) is 22.7. The molecule has 4 rings (SSSR count). The molecule has 0 atom stereocenters. The Hall–Kier alpha value is -2.26. The number of carbonyl (C=O) groups is 1. The van der Waals surface area contributed by atoms with Gasteiger partial charge in [0, 0.05) is 30.2 Å². The third-order valence-corrected chi connectivity index (χ3v) is 8.65. The lowest BCUT2D eigenvalue weighted by molar-refractivity contribution is 0.0998. The number of rotatable bonds is 5. The molecule has 1 amide bonds. The lowest BCUT2D eigenvalue weighted by Gasteiger charge is -2.19. The fourth-order valence-corrected chi connectivity index (χ4v) is 6.62. The average Bonchev–Trinajstić information content (AvgIpc) is 2.95. The van der Waals surface area contributed by atoms with Gasteiger partial charge in [0.05, 0.1) is 15.1 Å². The zero-order valence-electron chi connectivity index (χ0n) is 17.5. The van der Waals surface area contributed by atoms with Crippen molar-refractivity contribution in [1.29, 1.82) is 0 Å². The van der Waals surface area contributed by atoms with Gasteiger partial charge in [0.1, 0.15) is 0 Å². The van der Waals surface area contributed by atoms with Crippen LogP contribution in [0.15, 0.2) is 65.0 Å². The predicted octanol–water partition coefficient (Wildman–Crippen LogP) is 4.85. The second-order valence-electron chi connectivity index (χ2n) is 7.66. The Morgan fingerprint density at radius 3 is 2.44 bits per heavy atom. The number of amides is 1. The molecule has 32 heavy (non-hydrogen) atoms. The van der Waals surface area contributed by atoms with Gasteiger partial charge in [-0.15, -0.1) is 6.58 Å². The number of halogens is 1. The van der Waals surface area contributed by atoms with E-state index in [2.05, 4.69) is 11.6 Å². The molecule has 3 aromatic rings. The van der Waals surface area contributed by atoms with Crippen molar-refractivity contribution in [3.63, 3.8) is 0 Å². The Bertz CT molecular complexity index is 1320. The first kappa shape index (κ1) is 22.9. The normalized spacial score (nSPS) is 16.2. The largest absolute Gasteiger partial charge is 0.312 e. The molecule has 9 heteroatoms. The second kappa shape index (κ2) is 9.70. The van der Waals surface area contributed by atoms with Crippen molar-refractivity contribution >= 4 is 49.1 Å². The molecule has 168 valence electrons. The molecule has 0 unspecified atom stereocenters. The minimum absolute atomic E-state index is 0.203. The summed E-state index contributed by atoms with van der Waals surface area (Å²) in [4.78, 5) is 17.9. The predicted molar refractivity (Wildman–Crippen MR) is 129 cm³/mol. The monoisotopic (exact) mass is 489 g/mol. The highest BCUT2D eigenvalue weighted by Crippen LogP contribution is 2.23. The van der Waals surface area contributed by atoms with Gasteiger partial charge in [-0.3, -0.25) is 4.79 Å². The molecular weight excluding hydrogens is 466 g/mol. The fraction of sp³-hybridized carbons (Fsp3) is 0.304. The fourth-order valence-electron chi connectivity index (χ4n) is 3.79. The van der Waals surface area contributed by atoms with Crippen LogP contribution >= 0.6 is 22.9 Å². The van der Waals surface area contributed by atoms with E-state index in [1.807, 2.05) is 16.7 Å². The van der Waals surface area contributed by atoms with E-state index in [0.29, 0.717) is 35.0 Å². The average molecular weight is 490 g/mol. The molecule has 0 radical (unpaired) electrons. The van der Waals surface area contributed by atoms with Crippen molar-refractivity contribution < 1.29 is 13.2 Å². The van der Waals surface area contributed by atoms with Crippen LogP contribution in [0.25, 0.3) is 10.2 Å². The van der Waals surface area contributed by atoms with E-state index in [0.717, 1.165) is 35.9 Å². The van der Waals surface area contributed by atoms with Crippen molar-refractivity contribution in [2.45, 2.75) is 37.1 Å². The van der Waals surface area contributed by atoms with E-state index in [-0.39, 0.29) is 4.90 Å². The van der Waals surface area contributed by atoms with Crippen LogP contribution in [0.3, 0.4) is 0 Å². The number of benzene rings is 2. The number of hydrogen-bond donors (Lipinski definition) is 0. The lowest BCUT2D eigenvalue weighted by atomic mass is 10.2. The van der Waals surface area contributed by atoms with Crippen LogP contribution < -0.4 is 4.80 Å². The molecule has 0 aliphatic carbocycles. The molecule has 2 heterocycles. The lowest BCUT2D eigenvalue weighted by Crippen LogP contribution is -2.31. The SMILES string of the molecule is C=CCn1c(=NC(=O)c2ccc(S(=O)(=O)N3CCCCCC3)cc2)sc2cc(Cl)ccc21. The van der Waals surface area contributed by atoms with Crippen LogP contribution in [0.1, 0.15) is 36.0 Å². The highest BCUT2D eigenvalue weighted by Gasteiger charge is 2.25. The first-order valence-corrected chi connectivity index (χ1v) is 13.1. The van der Waals surface area contributed by atoms with E-state index < -0.39 is 15.9 Å². The summed E-state index contributed by atoms with van der Waals surface area (Å²) in [5.41, 5.74) is 1.25. The van der Waals surface area contributed by atoms with Gasteiger partial charge in [-0.05, 0) is 55.3 Å². The Labute approximate surface area is 196 Å². The molecule has 1 aliphatic rings. The number of aromatic nitrogens is 1. The van der Waals surface area contributed by atoms with Crippen molar-refractivity contribution in [2.24, 2.45) is 4.99 Å². The number of fused-ring (bicyclic) bond motifs is 1. The van der Waals surface area contributed by atoms with Crippen LogP contribution in [-0.4, -0.2) is 36.3 Å². The number of sulfonamides is 1. The Balaban J connectivity index is 1.64. The summed E-state index contributed by atoms with van der Waals surface area (Å²) in [5, 5.41) is 0.614. The third-order valence-electron chi connectivity index (χ3n) is 5.46. The van der Waals surface area contributed by atoms with Crippen LogP contribution in [0.4, 0.5) is 0 Å². The molecule has 1 aromatic heterocycles. The van der Waals surface area contributed by atoms with Gasteiger partial charge in [-0.25, -0.2) is 8.42 Å².